The summed E-state index contributed by atoms with van der Waals surface area (Å²) in [6.07, 6.45) is 2.18. The van der Waals surface area contributed by atoms with Crippen LogP contribution in [0.2, 0.25) is 0 Å². The summed E-state index contributed by atoms with van der Waals surface area (Å²) in [5.74, 6) is -0.627. The number of aliphatic hydroxyl groups is 3. The van der Waals surface area contributed by atoms with Gasteiger partial charge in [0.1, 0.15) is 0 Å². The first-order chi connectivity index (χ1) is 11.3. The molecule has 0 spiro atoms. The van der Waals surface area contributed by atoms with Crippen LogP contribution in [0.4, 0.5) is 0 Å². The summed E-state index contributed by atoms with van der Waals surface area (Å²) in [4.78, 5) is 10.5. The number of carbonyl (C=O) groups is 1. The van der Waals surface area contributed by atoms with Gasteiger partial charge in [-0.1, -0.05) is 31.2 Å². The van der Waals surface area contributed by atoms with Crippen molar-refractivity contribution in [3.05, 3.63) is 40.5 Å². The molecule has 1 aromatic carbocycles. The lowest BCUT2D eigenvalue weighted by Crippen LogP contribution is -2.19. The largest absolute Gasteiger partial charge is 0.481 e. The maximum atomic E-state index is 10.5. The summed E-state index contributed by atoms with van der Waals surface area (Å²) >= 11 is 0. The Morgan fingerprint density at radius 3 is 2.75 bits per heavy atom. The molecule has 5 nitrogen and oxygen atoms in total. The van der Waals surface area contributed by atoms with Gasteiger partial charge in [0.05, 0.1) is 24.7 Å². The lowest BCUT2D eigenvalue weighted by molar-refractivity contribution is -0.139. The molecule has 0 saturated carbocycles. The van der Waals surface area contributed by atoms with Crippen LogP contribution >= 0.6 is 0 Å². The van der Waals surface area contributed by atoms with Crippen molar-refractivity contribution in [2.24, 2.45) is 5.92 Å². The van der Waals surface area contributed by atoms with Crippen LogP contribution in [0, 0.1) is 12.8 Å². The first-order valence-electron chi connectivity index (χ1n) is 8.34. The van der Waals surface area contributed by atoms with Crippen LogP contribution in [0.5, 0.6) is 0 Å². The van der Waals surface area contributed by atoms with E-state index in [1.165, 1.54) is 5.56 Å². The molecule has 2 rings (SSSR count). The minimum Gasteiger partial charge on any atom is -0.481 e. The smallest absolute Gasteiger partial charge is 0.305 e. The molecular weight excluding hydrogens is 308 g/mol. The van der Waals surface area contributed by atoms with E-state index in [1.807, 2.05) is 19.1 Å². The Labute approximate surface area is 142 Å². The van der Waals surface area contributed by atoms with Gasteiger partial charge in [-0.15, -0.1) is 0 Å². The fourth-order valence-corrected chi connectivity index (χ4v) is 3.44. The maximum absolute atomic E-state index is 10.5. The van der Waals surface area contributed by atoms with Crippen LogP contribution in [-0.4, -0.2) is 38.6 Å². The SMILES string of the molecule is Cc1c(C=CC(O)CC(O)CC(=O)O)ccc2c1C(O)C[C@H](C)C2. The summed E-state index contributed by atoms with van der Waals surface area (Å²) in [6.45, 7) is 4.09. The monoisotopic (exact) mass is 334 g/mol. The van der Waals surface area contributed by atoms with Gasteiger partial charge < -0.3 is 20.4 Å². The van der Waals surface area contributed by atoms with Crippen molar-refractivity contribution in [1.29, 1.82) is 0 Å². The summed E-state index contributed by atoms with van der Waals surface area (Å²) in [5.41, 5.74) is 4.07. The van der Waals surface area contributed by atoms with Crippen molar-refractivity contribution in [1.82, 2.24) is 0 Å². The number of aliphatic carboxylic acids is 1. The molecule has 0 amide bonds. The summed E-state index contributed by atoms with van der Waals surface area (Å²) in [7, 11) is 0. The van der Waals surface area contributed by atoms with E-state index in [1.54, 1.807) is 12.2 Å². The normalized spacial score (nSPS) is 23.0. The Morgan fingerprint density at radius 1 is 1.38 bits per heavy atom. The van der Waals surface area contributed by atoms with E-state index >= 15 is 0 Å². The van der Waals surface area contributed by atoms with Gasteiger partial charge in [-0.25, -0.2) is 0 Å². The molecule has 4 N–H and O–H groups in total. The van der Waals surface area contributed by atoms with Gasteiger partial charge in [0.25, 0.3) is 0 Å². The van der Waals surface area contributed by atoms with Crippen LogP contribution in [0.3, 0.4) is 0 Å². The van der Waals surface area contributed by atoms with E-state index in [4.69, 9.17) is 5.11 Å². The first-order valence-corrected chi connectivity index (χ1v) is 8.34. The molecule has 132 valence electrons. The number of hydrogen-bond acceptors (Lipinski definition) is 4. The van der Waals surface area contributed by atoms with Crippen LogP contribution in [0.25, 0.3) is 6.08 Å². The summed E-state index contributed by atoms with van der Waals surface area (Å²) in [6, 6.07) is 3.99. The second-order valence-electron chi connectivity index (χ2n) is 6.83. The zero-order chi connectivity index (χ0) is 17.9. The Hall–Kier alpha value is -1.69. The van der Waals surface area contributed by atoms with E-state index in [0.29, 0.717) is 5.92 Å². The van der Waals surface area contributed by atoms with Crippen molar-refractivity contribution in [2.45, 2.75) is 57.8 Å². The van der Waals surface area contributed by atoms with Gasteiger partial charge in [-0.3, -0.25) is 4.79 Å². The molecule has 1 aliphatic rings. The molecule has 5 heteroatoms. The standard InChI is InChI=1S/C19H26O5/c1-11-7-14-4-3-13(12(2)19(14)17(22)8-11)5-6-15(20)9-16(21)10-18(23)24/h3-6,11,15-17,20-22H,7-10H2,1-2H3,(H,23,24)/t11-,15?,16?,17?/m1/s1. The van der Waals surface area contributed by atoms with E-state index < -0.39 is 24.3 Å². The molecule has 0 fully saturated rings. The van der Waals surface area contributed by atoms with Gasteiger partial charge in [0.2, 0.25) is 0 Å². The van der Waals surface area contributed by atoms with Gasteiger partial charge in [-0.2, -0.15) is 0 Å². The van der Waals surface area contributed by atoms with Crippen LogP contribution < -0.4 is 0 Å². The van der Waals surface area contributed by atoms with E-state index in [0.717, 1.165) is 29.5 Å². The molecule has 0 radical (unpaired) electrons. The molecule has 1 aliphatic carbocycles. The van der Waals surface area contributed by atoms with Crippen LogP contribution in [0.1, 0.15) is 54.5 Å². The van der Waals surface area contributed by atoms with Crippen molar-refractivity contribution in [3.63, 3.8) is 0 Å². The molecule has 0 aliphatic heterocycles. The zero-order valence-electron chi connectivity index (χ0n) is 14.1. The number of carboxylic acids is 1. The fourth-order valence-electron chi connectivity index (χ4n) is 3.44. The predicted octanol–water partition coefficient (Wildman–Crippen LogP) is 2.21. The maximum Gasteiger partial charge on any atom is 0.305 e. The molecule has 0 heterocycles. The molecule has 1 aromatic rings. The molecule has 3 unspecified atom stereocenters. The van der Waals surface area contributed by atoms with Crippen molar-refractivity contribution < 1.29 is 25.2 Å². The Bertz CT molecular complexity index is 622. The number of aliphatic hydroxyl groups excluding tert-OH is 3. The van der Waals surface area contributed by atoms with Crippen molar-refractivity contribution >= 4 is 12.0 Å². The van der Waals surface area contributed by atoms with Crippen LogP contribution in [0.15, 0.2) is 18.2 Å². The van der Waals surface area contributed by atoms with Crippen molar-refractivity contribution in [2.75, 3.05) is 0 Å². The summed E-state index contributed by atoms with van der Waals surface area (Å²) in [5, 5.41) is 38.4. The number of fused-ring (bicyclic) bond motifs is 1. The topological polar surface area (TPSA) is 98.0 Å². The third-order valence-corrected chi connectivity index (χ3v) is 4.60. The van der Waals surface area contributed by atoms with Crippen LogP contribution in [-0.2, 0) is 11.2 Å². The highest BCUT2D eigenvalue weighted by Crippen LogP contribution is 2.36. The van der Waals surface area contributed by atoms with E-state index in [-0.39, 0.29) is 12.8 Å². The second kappa shape index (κ2) is 7.92. The highest BCUT2D eigenvalue weighted by atomic mass is 16.4. The zero-order valence-corrected chi connectivity index (χ0v) is 14.1. The third kappa shape index (κ3) is 4.66. The minimum absolute atomic E-state index is 0.0209. The Kier molecular flexibility index (Phi) is 6.15. The summed E-state index contributed by atoms with van der Waals surface area (Å²) < 4.78 is 0. The van der Waals surface area contributed by atoms with Gasteiger partial charge in [-0.05, 0) is 47.9 Å². The van der Waals surface area contributed by atoms with Gasteiger partial charge in [0, 0.05) is 6.42 Å². The predicted molar refractivity (Wildman–Crippen MR) is 91.5 cm³/mol. The number of rotatable bonds is 6. The second-order valence-corrected chi connectivity index (χ2v) is 6.83. The number of carboxylic acid groups (broad SMARTS) is 1. The van der Waals surface area contributed by atoms with Gasteiger partial charge in [0.15, 0.2) is 0 Å². The average molecular weight is 334 g/mol. The van der Waals surface area contributed by atoms with Gasteiger partial charge >= 0.3 is 5.97 Å². The molecular formula is C19H26O5. The Morgan fingerprint density at radius 2 is 2.08 bits per heavy atom. The Balaban J connectivity index is 2.10. The molecule has 24 heavy (non-hydrogen) atoms. The number of benzene rings is 1. The molecule has 0 bridgehead atoms. The average Bonchev–Trinajstić information content (AvgIpc) is 2.44. The number of hydrogen-bond donors (Lipinski definition) is 4. The van der Waals surface area contributed by atoms with E-state index in [9.17, 15) is 20.1 Å². The third-order valence-electron chi connectivity index (χ3n) is 4.60. The highest BCUT2D eigenvalue weighted by molar-refractivity contribution is 5.67. The quantitative estimate of drug-likeness (QED) is 0.639. The molecule has 0 aromatic heterocycles. The highest BCUT2D eigenvalue weighted by Gasteiger charge is 2.25. The lowest BCUT2D eigenvalue weighted by Gasteiger charge is -2.28. The van der Waals surface area contributed by atoms with Crippen molar-refractivity contribution in [3.8, 4) is 0 Å². The molecule has 0 saturated heterocycles. The molecule has 4 atom stereocenters. The lowest BCUT2D eigenvalue weighted by atomic mass is 9.80. The first kappa shape index (κ1) is 18.6. The van der Waals surface area contributed by atoms with E-state index in [2.05, 4.69) is 6.92 Å². The fraction of sp³-hybridized carbons (Fsp3) is 0.526. The minimum atomic E-state index is -1.09.